The van der Waals surface area contributed by atoms with Gasteiger partial charge in [-0.05, 0) is 26.2 Å². The molecule has 2 fully saturated rings. The van der Waals surface area contributed by atoms with Crippen LogP contribution in [0.3, 0.4) is 0 Å². The molecule has 5 nitrogen and oxygen atoms in total. The quantitative estimate of drug-likeness (QED) is 0.753. The van der Waals surface area contributed by atoms with E-state index in [-0.39, 0.29) is 29.6 Å². The third-order valence-electron chi connectivity index (χ3n) is 3.74. The zero-order valence-electron chi connectivity index (χ0n) is 10.8. The molecule has 0 aliphatic carbocycles. The largest absolute Gasteiger partial charge is 0.378 e. The summed E-state index contributed by atoms with van der Waals surface area (Å²) in [5.74, 6) is 0.367. The lowest BCUT2D eigenvalue weighted by Gasteiger charge is -2.27. The van der Waals surface area contributed by atoms with E-state index in [0.29, 0.717) is 19.4 Å². The molecule has 0 radical (unpaired) electrons. The van der Waals surface area contributed by atoms with E-state index in [1.807, 2.05) is 6.92 Å². The van der Waals surface area contributed by atoms with Crippen molar-refractivity contribution >= 4 is 15.7 Å². The molecule has 0 aromatic rings. The van der Waals surface area contributed by atoms with E-state index >= 15 is 0 Å². The van der Waals surface area contributed by atoms with Crippen molar-refractivity contribution in [2.75, 3.05) is 24.7 Å². The average molecular weight is 275 g/mol. The fourth-order valence-corrected chi connectivity index (χ4v) is 4.51. The van der Waals surface area contributed by atoms with Crippen LogP contribution in [-0.2, 0) is 19.4 Å². The average Bonchev–Trinajstić information content (AvgIpc) is 2.89. The van der Waals surface area contributed by atoms with E-state index < -0.39 is 9.84 Å². The van der Waals surface area contributed by atoms with Crippen molar-refractivity contribution in [1.29, 1.82) is 0 Å². The number of ether oxygens (including phenoxy) is 1. The molecule has 6 heteroatoms. The molecule has 2 atom stereocenters. The van der Waals surface area contributed by atoms with Crippen LogP contribution in [-0.4, -0.2) is 56.0 Å². The molecule has 104 valence electrons. The van der Waals surface area contributed by atoms with Crippen molar-refractivity contribution in [2.45, 2.75) is 44.8 Å². The van der Waals surface area contributed by atoms with Crippen LogP contribution in [0.4, 0.5) is 0 Å². The summed E-state index contributed by atoms with van der Waals surface area (Å²) in [6.45, 7) is 3.21. The lowest BCUT2D eigenvalue weighted by molar-refractivity contribution is -0.135. The second-order valence-corrected chi connectivity index (χ2v) is 7.30. The molecule has 1 amide bonds. The predicted octanol–water partition coefficient (Wildman–Crippen LogP) is 0.591. The normalized spacial score (nSPS) is 30.5. The third kappa shape index (κ3) is 3.23. The Morgan fingerprint density at radius 3 is 2.67 bits per heavy atom. The Hall–Kier alpha value is -0.620. The number of sulfone groups is 1. The molecule has 0 aromatic heterocycles. The fourth-order valence-electron chi connectivity index (χ4n) is 2.78. The van der Waals surface area contributed by atoms with E-state index in [2.05, 4.69) is 0 Å². The summed E-state index contributed by atoms with van der Waals surface area (Å²) < 4.78 is 28.4. The first-order valence-corrected chi connectivity index (χ1v) is 8.45. The van der Waals surface area contributed by atoms with Crippen LogP contribution in [0.15, 0.2) is 0 Å². The minimum absolute atomic E-state index is 0.0320. The number of rotatable bonds is 4. The highest BCUT2D eigenvalue weighted by Gasteiger charge is 2.34. The molecule has 0 saturated carbocycles. The van der Waals surface area contributed by atoms with E-state index in [1.165, 1.54) is 0 Å². The highest BCUT2D eigenvalue weighted by Crippen LogP contribution is 2.21. The first-order valence-electron chi connectivity index (χ1n) is 6.63. The van der Waals surface area contributed by atoms with Crippen molar-refractivity contribution in [3.8, 4) is 0 Å². The molecular weight excluding hydrogens is 254 g/mol. The highest BCUT2D eigenvalue weighted by molar-refractivity contribution is 7.91. The smallest absolute Gasteiger partial charge is 0.225 e. The zero-order valence-corrected chi connectivity index (χ0v) is 11.6. The lowest BCUT2D eigenvalue weighted by Crippen LogP contribution is -2.42. The highest BCUT2D eigenvalue weighted by atomic mass is 32.2. The fraction of sp³-hybridized carbons (Fsp3) is 0.917. The molecule has 0 N–H and O–H groups in total. The van der Waals surface area contributed by atoms with E-state index in [0.717, 1.165) is 19.4 Å². The van der Waals surface area contributed by atoms with Gasteiger partial charge >= 0.3 is 0 Å². The van der Waals surface area contributed by atoms with E-state index in [9.17, 15) is 13.2 Å². The second kappa shape index (κ2) is 5.57. The van der Waals surface area contributed by atoms with Crippen LogP contribution >= 0.6 is 0 Å². The summed E-state index contributed by atoms with van der Waals surface area (Å²) >= 11 is 0. The van der Waals surface area contributed by atoms with Crippen molar-refractivity contribution in [2.24, 2.45) is 0 Å². The summed E-state index contributed by atoms with van der Waals surface area (Å²) in [6.07, 6.45) is 2.95. The maximum atomic E-state index is 12.2. The molecule has 2 rings (SSSR count). The molecule has 2 saturated heterocycles. The van der Waals surface area contributed by atoms with E-state index in [4.69, 9.17) is 4.74 Å². The third-order valence-corrected chi connectivity index (χ3v) is 5.49. The Morgan fingerprint density at radius 2 is 2.17 bits per heavy atom. The van der Waals surface area contributed by atoms with Crippen LogP contribution in [0.2, 0.25) is 0 Å². The van der Waals surface area contributed by atoms with Crippen molar-refractivity contribution < 1.29 is 17.9 Å². The molecule has 0 spiro atoms. The van der Waals surface area contributed by atoms with Gasteiger partial charge in [-0.15, -0.1) is 0 Å². The molecule has 0 bridgehead atoms. The van der Waals surface area contributed by atoms with Crippen molar-refractivity contribution in [3.05, 3.63) is 0 Å². The van der Waals surface area contributed by atoms with Gasteiger partial charge in [-0.25, -0.2) is 8.42 Å². The number of amides is 1. The van der Waals surface area contributed by atoms with Gasteiger partial charge in [-0.3, -0.25) is 4.79 Å². The summed E-state index contributed by atoms with van der Waals surface area (Å²) in [5, 5.41) is 0. The maximum Gasteiger partial charge on any atom is 0.225 e. The molecular formula is C12H21NO4S. The Labute approximate surface area is 108 Å². The van der Waals surface area contributed by atoms with Gasteiger partial charge in [0.1, 0.15) is 0 Å². The van der Waals surface area contributed by atoms with E-state index in [1.54, 1.807) is 4.90 Å². The number of carbonyl (C=O) groups excluding carboxylic acids is 1. The molecule has 0 aromatic carbocycles. The Kier molecular flexibility index (Phi) is 4.27. The number of nitrogens with zero attached hydrogens (tertiary/aromatic N) is 1. The molecule has 2 aliphatic rings. The number of hydrogen-bond donors (Lipinski definition) is 0. The van der Waals surface area contributed by atoms with Crippen LogP contribution in [0, 0.1) is 0 Å². The number of carbonyl (C=O) groups is 1. The van der Waals surface area contributed by atoms with Gasteiger partial charge in [0.25, 0.3) is 0 Å². The monoisotopic (exact) mass is 275 g/mol. The topological polar surface area (TPSA) is 63.7 Å². The maximum absolute atomic E-state index is 12.2. The van der Waals surface area contributed by atoms with Crippen molar-refractivity contribution in [1.82, 2.24) is 4.90 Å². The van der Waals surface area contributed by atoms with Crippen LogP contribution in [0.5, 0.6) is 0 Å². The molecule has 2 aliphatic heterocycles. The summed E-state index contributed by atoms with van der Waals surface area (Å²) in [7, 11) is -2.94. The minimum atomic E-state index is -2.94. The van der Waals surface area contributed by atoms with Crippen LogP contribution in [0.1, 0.15) is 32.6 Å². The van der Waals surface area contributed by atoms with Gasteiger partial charge in [0.2, 0.25) is 5.91 Å². The van der Waals surface area contributed by atoms with Gasteiger partial charge in [-0.1, -0.05) is 0 Å². The summed E-state index contributed by atoms with van der Waals surface area (Å²) in [5.41, 5.74) is 0. The van der Waals surface area contributed by atoms with Crippen LogP contribution < -0.4 is 0 Å². The summed E-state index contributed by atoms with van der Waals surface area (Å²) in [6, 6.07) is -0.131. The van der Waals surface area contributed by atoms with Crippen molar-refractivity contribution in [3.63, 3.8) is 0 Å². The van der Waals surface area contributed by atoms with Gasteiger partial charge in [0.05, 0.1) is 24.0 Å². The Balaban J connectivity index is 1.93. The Morgan fingerprint density at radius 1 is 1.39 bits per heavy atom. The standard InChI is InChI=1S/C12H21NO4S/c1-2-13(10-5-7-18(15,16)9-10)12(14)8-11-4-3-6-17-11/h10-11H,2-9H2,1H3. The first-order chi connectivity index (χ1) is 8.52. The predicted molar refractivity (Wildman–Crippen MR) is 68.0 cm³/mol. The molecule has 2 unspecified atom stereocenters. The molecule has 18 heavy (non-hydrogen) atoms. The zero-order chi connectivity index (χ0) is 13.2. The minimum Gasteiger partial charge on any atom is -0.378 e. The SMILES string of the molecule is CCN(C(=O)CC1CCCO1)C1CCS(=O)(=O)C1. The lowest BCUT2D eigenvalue weighted by atomic mass is 10.1. The number of hydrogen-bond acceptors (Lipinski definition) is 4. The first kappa shape index (κ1) is 13.8. The van der Waals surface area contributed by atoms with Crippen LogP contribution in [0.25, 0.3) is 0 Å². The van der Waals surface area contributed by atoms with Gasteiger partial charge in [-0.2, -0.15) is 0 Å². The Bertz CT molecular complexity index is 400. The van der Waals surface area contributed by atoms with Gasteiger partial charge in [0.15, 0.2) is 9.84 Å². The van der Waals surface area contributed by atoms with Gasteiger partial charge < -0.3 is 9.64 Å². The molecule has 2 heterocycles. The second-order valence-electron chi connectivity index (χ2n) is 5.08. The van der Waals surface area contributed by atoms with Gasteiger partial charge in [0, 0.05) is 19.2 Å². The summed E-state index contributed by atoms with van der Waals surface area (Å²) in [4.78, 5) is 13.9.